The summed E-state index contributed by atoms with van der Waals surface area (Å²) in [6, 6.07) is 0.412. The minimum absolute atomic E-state index is 0.0874. The lowest BCUT2D eigenvalue weighted by molar-refractivity contribution is -0.120. The molecule has 0 atom stereocenters. The third-order valence-electron chi connectivity index (χ3n) is 2.93. The van der Waals surface area contributed by atoms with Crippen LogP contribution in [0.1, 0.15) is 19.3 Å². The van der Waals surface area contributed by atoms with Gasteiger partial charge in [0.1, 0.15) is 4.60 Å². The summed E-state index contributed by atoms with van der Waals surface area (Å²) in [4.78, 5) is 20.1. The second-order valence-electron chi connectivity index (χ2n) is 4.59. The molecule has 1 aliphatic carbocycles. The summed E-state index contributed by atoms with van der Waals surface area (Å²) < 4.78 is 2.60. The lowest BCUT2D eigenvalue weighted by atomic mass is 10.4. The Hall–Kier alpha value is -1.63. The van der Waals surface area contributed by atoms with Gasteiger partial charge in [0, 0.05) is 37.6 Å². The Bertz CT molecular complexity index is 607. The van der Waals surface area contributed by atoms with Crippen LogP contribution in [-0.4, -0.2) is 32.9 Å². The van der Waals surface area contributed by atoms with Crippen molar-refractivity contribution in [3.8, 4) is 0 Å². The molecule has 2 aromatic heterocycles. The first-order valence-electron chi connectivity index (χ1n) is 6.25. The van der Waals surface area contributed by atoms with E-state index >= 15 is 0 Å². The fraction of sp³-hybridized carbons (Fsp3) is 0.417. The minimum atomic E-state index is 0.0874. The van der Waals surface area contributed by atoms with Gasteiger partial charge in [0.25, 0.3) is 0 Å². The van der Waals surface area contributed by atoms with E-state index in [9.17, 15) is 4.79 Å². The molecule has 0 radical (unpaired) electrons. The summed E-state index contributed by atoms with van der Waals surface area (Å²) in [6.45, 7) is 0.546. The van der Waals surface area contributed by atoms with Crippen molar-refractivity contribution in [1.29, 1.82) is 0 Å². The zero-order chi connectivity index (χ0) is 13.2. The standard InChI is InChI=1S/C12H14BrN5O/c13-9-7-18-6-5-15-12(18)11(17-9)14-4-3-10(19)16-8-1-2-8/h5-8H,1-4H2,(H,14,17)(H,16,19). The maximum atomic E-state index is 11.6. The van der Waals surface area contributed by atoms with Crippen molar-refractivity contribution in [2.45, 2.75) is 25.3 Å². The first-order chi connectivity index (χ1) is 9.22. The molecule has 7 heteroatoms. The maximum absolute atomic E-state index is 11.6. The fourth-order valence-electron chi connectivity index (χ4n) is 1.84. The van der Waals surface area contributed by atoms with Crippen molar-refractivity contribution in [2.75, 3.05) is 11.9 Å². The number of fused-ring (bicyclic) bond motifs is 1. The second kappa shape index (κ2) is 5.16. The number of hydrogen-bond acceptors (Lipinski definition) is 4. The van der Waals surface area contributed by atoms with Crippen molar-refractivity contribution >= 4 is 33.3 Å². The molecule has 2 heterocycles. The van der Waals surface area contributed by atoms with E-state index in [4.69, 9.17) is 0 Å². The SMILES string of the molecule is O=C(CCNc1nc(Br)cn2ccnc12)NC1CC1. The summed E-state index contributed by atoms with van der Waals surface area (Å²) in [5, 5.41) is 6.11. The minimum Gasteiger partial charge on any atom is -0.366 e. The zero-order valence-corrected chi connectivity index (χ0v) is 11.9. The topological polar surface area (TPSA) is 71.3 Å². The molecule has 2 N–H and O–H groups in total. The van der Waals surface area contributed by atoms with E-state index in [1.807, 2.05) is 16.8 Å². The molecule has 0 unspecified atom stereocenters. The Kier molecular flexibility index (Phi) is 3.37. The molecule has 1 amide bonds. The smallest absolute Gasteiger partial charge is 0.221 e. The van der Waals surface area contributed by atoms with Crippen LogP contribution < -0.4 is 10.6 Å². The highest BCUT2D eigenvalue weighted by Gasteiger charge is 2.22. The number of nitrogens with zero attached hydrogens (tertiary/aromatic N) is 3. The maximum Gasteiger partial charge on any atom is 0.221 e. The fourth-order valence-corrected chi connectivity index (χ4v) is 2.24. The quantitative estimate of drug-likeness (QED) is 0.876. The summed E-state index contributed by atoms with van der Waals surface area (Å²) in [5.41, 5.74) is 0.755. The van der Waals surface area contributed by atoms with E-state index in [0.29, 0.717) is 24.8 Å². The molecule has 0 spiro atoms. The number of carbonyl (C=O) groups excluding carboxylic acids is 1. The molecular formula is C12H14BrN5O. The van der Waals surface area contributed by atoms with Crippen LogP contribution in [0.4, 0.5) is 5.82 Å². The average molecular weight is 324 g/mol. The van der Waals surface area contributed by atoms with Crippen molar-refractivity contribution < 1.29 is 4.79 Å². The number of hydrogen-bond donors (Lipinski definition) is 2. The van der Waals surface area contributed by atoms with Crippen molar-refractivity contribution in [3.05, 3.63) is 23.2 Å². The average Bonchev–Trinajstić information content (AvgIpc) is 3.04. The molecule has 1 aliphatic rings. The van der Waals surface area contributed by atoms with Crippen molar-refractivity contribution in [1.82, 2.24) is 19.7 Å². The van der Waals surface area contributed by atoms with Gasteiger partial charge in [-0.05, 0) is 28.8 Å². The summed E-state index contributed by atoms with van der Waals surface area (Å²) in [7, 11) is 0. The van der Waals surface area contributed by atoms with Crippen LogP contribution in [0.25, 0.3) is 5.65 Å². The number of rotatable bonds is 5. The predicted octanol–water partition coefficient (Wildman–Crippen LogP) is 1.57. The van der Waals surface area contributed by atoms with E-state index in [1.54, 1.807) is 6.20 Å². The largest absolute Gasteiger partial charge is 0.366 e. The van der Waals surface area contributed by atoms with Gasteiger partial charge in [0.05, 0.1) is 0 Å². The molecule has 1 fully saturated rings. The Morgan fingerprint density at radius 1 is 1.53 bits per heavy atom. The first kappa shape index (κ1) is 12.4. The Labute approximate surface area is 118 Å². The van der Waals surface area contributed by atoms with E-state index in [-0.39, 0.29) is 5.91 Å². The van der Waals surface area contributed by atoms with Crippen molar-refractivity contribution in [2.24, 2.45) is 0 Å². The number of amides is 1. The molecule has 2 aromatic rings. The summed E-state index contributed by atoms with van der Waals surface area (Å²) in [6.07, 6.45) is 8.08. The number of anilines is 1. The van der Waals surface area contributed by atoms with Crippen LogP contribution in [-0.2, 0) is 4.79 Å². The highest BCUT2D eigenvalue weighted by molar-refractivity contribution is 9.10. The number of halogens is 1. The normalized spacial score (nSPS) is 14.6. The van der Waals surface area contributed by atoms with Crippen LogP contribution >= 0.6 is 15.9 Å². The van der Waals surface area contributed by atoms with Crippen LogP contribution in [0.3, 0.4) is 0 Å². The molecule has 0 bridgehead atoms. The van der Waals surface area contributed by atoms with E-state index in [0.717, 1.165) is 23.1 Å². The molecule has 3 rings (SSSR count). The highest BCUT2D eigenvalue weighted by atomic mass is 79.9. The van der Waals surface area contributed by atoms with Gasteiger partial charge in [-0.3, -0.25) is 4.79 Å². The molecule has 1 saturated carbocycles. The Morgan fingerprint density at radius 3 is 3.16 bits per heavy atom. The van der Waals surface area contributed by atoms with Gasteiger partial charge >= 0.3 is 0 Å². The molecule has 6 nitrogen and oxygen atoms in total. The predicted molar refractivity (Wildman–Crippen MR) is 75.0 cm³/mol. The lowest BCUT2D eigenvalue weighted by Gasteiger charge is -2.07. The number of carbonyl (C=O) groups is 1. The molecule has 0 aromatic carbocycles. The Morgan fingerprint density at radius 2 is 2.37 bits per heavy atom. The third-order valence-corrected chi connectivity index (χ3v) is 3.31. The van der Waals surface area contributed by atoms with Crippen LogP contribution in [0, 0.1) is 0 Å². The molecule has 0 saturated heterocycles. The Balaban J connectivity index is 1.61. The van der Waals surface area contributed by atoms with Crippen LogP contribution in [0.5, 0.6) is 0 Å². The van der Waals surface area contributed by atoms with Crippen LogP contribution in [0.15, 0.2) is 23.2 Å². The lowest BCUT2D eigenvalue weighted by Crippen LogP contribution is -2.27. The van der Waals surface area contributed by atoms with Gasteiger partial charge in [0.2, 0.25) is 5.91 Å². The second-order valence-corrected chi connectivity index (χ2v) is 5.40. The number of aromatic nitrogens is 3. The summed E-state index contributed by atoms with van der Waals surface area (Å²) >= 11 is 3.35. The number of nitrogens with one attached hydrogen (secondary N) is 2. The first-order valence-corrected chi connectivity index (χ1v) is 7.04. The molecule has 0 aliphatic heterocycles. The highest BCUT2D eigenvalue weighted by Crippen LogP contribution is 2.19. The third kappa shape index (κ3) is 3.04. The number of imidazole rings is 1. The molecule has 19 heavy (non-hydrogen) atoms. The van der Waals surface area contributed by atoms with Gasteiger partial charge in [-0.1, -0.05) is 0 Å². The van der Waals surface area contributed by atoms with E-state index in [2.05, 4.69) is 36.5 Å². The van der Waals surface area contributed by atoms with Gasteiger partial charge in [0.15, 0.2) is 11.5 Å². The van der Waals surface area contributed by atoms with Gasteiger partial charge in [-0.2, -0.15) is 0 Å². The zero-order valence-electron chi connectivity index (χ0n) is 10.3. The van der Waals surface area contributed by atoms with Crippen LogP contribution in [0.2, 0.25) is 0 Å². The molecule has 100 valence electrons. The van der Waals surface area contributed by atoms with E-state index < -0.39 is 0 Å². The van der Waals surface area contributed by atoms with Gasteiger partial charge < -0.3 is 15.0 Å². The van der Waals surface area contributed by atoms with Crippen molar-refractivity contribution in [3.63, 3.8) is 0 Å². The summed E-state index contributed by atoms with van der Waals surface area (Å²) in [5.74, 6) is 0.767. The van der Waals surface area contributed by atoms with E-state index in [1.165, 1.54) is 0 Å². The monoisotopic (exact) mass is 323 g/mol. The molecular weight excluding hydrogens is 310 g/mol. The van der Waals surface area contributed by atoms with Gasteiger partial charge in [-0.25, -0.2) is 9.97 Å². The van der Waals surface area contributed by atoms with Gasteiger partial charge in [-0.15, -0.1) is 0 Å².